The normalized spacial score (nSPS) is 15.4. The molecule has 1 fully saturated rings. The van der Waals surface area contributed by atoms with E-state index >= 15 is 0 Å². The number of piperazine rings is 1. The molecular formula is C16H19N3O3. The Kier molecular flexibility index (Phi) is 5.12. The van der Waals surface area contributed by atoms with E-state index in [2.05, 4.69) is 10.8 Å². The monoisotopic (exact) mass is 301 g/mol. The lowest BCUT2D eigenvalue weighted by molar-refractivity contribution is -0.384. The zero-order valence-electron chi connectivity index (χ0n) is 12.6. The molecule has 0 spiro atoms. The molecule has 1 saturated heterocycles. The van der Waals surface area contributed by atoms with Gasteiger partial charge < -0.3 is 4.90 Å². The number of carbonyl (C=O) groups excluding carboxylic acids is 1. The number of Topliss-reactive ketones (excluding diaryl/α,β-unsaturated/α-hetero) is 1. The van der Waals surface area contributed by atoms with Crippen molar-refractivity contribution in [1.82, 2.24) is 4.90 Å². The maximum Gasteiger partial charge on any atom is 0.293 e. The number of rotatable bonds is 5. The summed E-state index contributed by atoms with van der Waals surface area (Å²) in [7, 11) is 0. The highest BCUT2D eigenvalue weighted by Crippen LogP contribution is 2.30. The molecule has 0 bridgehead atoms. The third kappa shape index (κ3) is 3.62. The first-order valence-electron chi connectivity index (χ1n) is 7.23. The molecule has 0 unspecified atom stereocenters. The summed E-state index contributed by atoms with van der Waals surface area (Å²) in [5.74, 6) is 2.45. The van der Waals surface area contributed by atoms with Crippen LogP contribution in [0.25, 0.3) is 0 Å². The van der Waals surface area contributed by atoms with Crippen LogP contribution in [0.2, 0.25) is 0 Å². The topological polar surface area (TPSA) is 66.7 Å². The number of carbonyl (C=O) groups is 1. The van der Waals surface area contributed by atoms with Crippen LogP contribution in [0.1, 0.15) is 23.7 Å². The molecule has 0 aliphatic carbocycles. The number of nitro benzene ring substituents is 1. The number of benzene rings is 1. The molecule has 116 valence electrons. The fourth-order valence-corrected chi connectivity index (χ4v) is 2.59. The van der Waals surface area contributed by atoms with E-state index in [-0.39, 0.29) is 11.5 Å². The van der Waals surface area contributed by atoms with E-state index in [1.54, 1.807) is 12.1 Å². The van der Waals surface area contributed by atoms with Gasteiger partial charge in [-0.05, 0) is 19.1 Å². The summed E-state index contributed by atoms with van der Waals surface area (Å²) in [6.07, 6.45) is 5.98. The van der Waals surface area contributed by atoms with Gasteiger partial charge in [-0.15, -0.1) is 12.3 Å². The number of nitrogens with zero attached hydrogens (tertiary/aromatic N) is 3. The second kappa shape index (κ2) is 7.05. The van der Waals surface area contributed by atoms with Crippen molar-refractivity contribution in [2.45, 2.75) is 13.3 Å². The number of nitro groups is 1. The molecule has 1 aromatic carbocycles. The molecule has 6 heteroatoms. The quantitative estimate of drug-likeness (QED) is 0.360. The molecule has 1 aliphatic heterocycles. The van der Waals surface area contributed by atoms with Crippen LogP contribution in [-0.2, 0) is 0 Å². The Hall–Kier alpha value is -2.39. The lowest BCUT2D eigenvalue weighted by Gasteiger charge is -2.35. The third-order valence-corrected chi connectivity index (χ3v) is 3.86. The zero-order chi connectivity index (χ0) is 16.1. The lowest BCUT2D eigenvalue weighted by Crippen LogP contribution is -2.46. The first kappa shape index (κ1) is 16.0. The smallest absolute Gasteiger partial charge is 0.293 e. The predicted molar refractivity (Wildman–Crippen MR) is 85.2 cm³/mol. The highest BCUT2D eigenvalue weighted by atomic mass is 16.6. The zero-order valence-corrected chi connectivity index (χ0v) is 12.6. The number of ketones is 1. The largest absolute Gasteiger partial charge is 0.363 e. The fourth-order valence-electron chi connectivity index (χ4n) is 2.59. The van der Waals surface area contributed by atoms with E-state index in [4.69, 9.17) is 6.42 Å². The Balaban J connectivity index is 2.14. The molecule has 6 nitrogen and oxygen atoms in total. The van der Waals surface area contributed by atoms with E-state index in [0.717, 1.165) is 19.6 Å². The first-order chi connectivity index (χ1) is 10.5. The van der Waals surface area contributed by atoms with Crippen LogP contribution >= 0.6 is 0 Å². The second-order valence-electron chi connectivity index (χ2n) is 5.30. The highest BCUT2D eigenvalue weighted by Gasteiger charge is 2.24. The molecule has 0 atom stereocenters. The lowest BCUT2D eigenvalue weighted by atomic mass is 10.1. The molecular weight excluding hydrogens is 282 g/mol. The average Bonchev–Trinajstić information content (AvgIpc) is 2.52. The van der Waals surface area contributed by atoms with E-state index in [1.807, 2.05) is 4.90 Å². The maximum absolute atomic E-state index is 11.4. The molecule has 1 aromatic rings. The van der Waals surface area contributed by atoms with Crippen LogP contribution in [0, 0.1) is 22.5 Å². The Bertz CT molecular complexity index is 614. The molecule has 0 saturated carbocycles. The summed E-state index contributed by atoms with van der Waals surface area (Å²) in [6, 6.07) is 4.68. The van der Waals surface area contributed by atoms with E-state index in [1.165, 1.54) is 13.0 Å². The molecule has 0 N–H and O–H groups in total. The minimum Gasteiger partial charge on any atom is -0.363 e. The van der Waals surface area contributed by atoms with Crippen molar-refractivity contribution < 1.29 is 9.72 Å². The molecule has 22 heavy (non-hydrogen) atoms. The van der Waals surface area contributed by atoms with Gasteiger partial charge in [-0.3, -0.25) is 19.8 Å². The van der Waals surface area contributed by atoms with Crippen LogP contribution in [0.15, 0.2) is 18.2 Å². The number of anilines is 1. The van der Waals surface area contributed by atoms with Crippen molar-refractivity contribution in [3.8, 4) is 12.3 Å². The molecule has 0 aromatic heterocycles. The van der Waals surface area contributed by atoms with Crippen molar-refractivity contribution in [3.63, 3.8) is 0 Å². The van der Waals surface area contributed by atoms with E-state index in [9.17, 15) is 14.9 Å². The summed E-state index contributed by atoms with van der Waals surface area (Å²) in [6.45, 7) is 5.34. The van der Waals surface area contributed by atoms with Gasteiger partial charge in [0, 0.05) is 50.8 Å². The molecule has 1 heterocycles. The number of hydrogen-bond donors (Lipinski definition) is 0. The van der Waals surface area contributed by atoms with Gasteiger partial charge in [-0.1, -0.05) is 0 Å². The van der Waals surface area contributed by atoms with Crippen LogP contribution in [0.4, 0.5) is 11.4 Å². The van der Waals surface area contributed by atoms with Crippen molar-refractivity contribution in [3.05, 3.63) is 33.9 Å². The Morgan fingerprint density at radius 1 is 1.36 bits per heavy atom. The SMILES string of the molecule is C#CCCN1CCN(c2ccc(C(C)=O)cc2[N+](=O)[O-])CC1. The molecule has 0 radical (unpaired) electrons. The summed E-state index contributed by atoms with van der Waals surface area (Å²) >= 11 is 0. The first-order valence-corrected chi connectivity index (χ1v) is 7.23. The van der Waals surface area contributed by atoms with Gasteiger partial charge in [0.2, 0.25) is 0 Å². The maximum atomic E-state index is 11.4. The molecule has 2 rings (SSSR count). The van der Waals surface area contributed by atoms with Crippen molar-refractivity contribution >= 4 is 17.2 Å². The van der Waals surface area contributed by atoms with Crippen molar-refractivity contribution in [2.75, 3.05) is 37.6 Å². The molecule has 0 amide bonds. The van der Waals surface area contributed by atoms with Gasteiger partial charge in [-0.2, -0.15) is 0 Å². The van der Waals surface area contributed by atoms with Gasteiger partial charge in [0.05, 0.1) is 4.92 Å². The third-order valence-electron chi connectivity index (χ3n) is 3.86. The molecule has 1 aliphatic rings. The Morgan fingerprint density at radius 2 is 2.05 bits per heavy atom. The fraction of sp³-hybridized carbons (Fsp3) is 0.438. The van der Waals surface area contributed by atoms with Crippen molar-refractivity contribution in [1.29, 1.82) is 0 Å². The van der Waals surface area contributed by atoms with Crippen molar-refractivity contribution in [2.24, 2.45) is 0 Å². The minimum absolute atomic E-state index is 0.00947. The summed E-state index contributed by atoms with van der Waals surface area (Å²) < 4.78 is 0. The highest BCUT2D eigenvalue weighted by molar-refractivity contribution is 5.95. The van der Waals surface area contributed by atoms with E-state index in [0.29, 0.717) is 30.8 Å². The predicted octanol–water partition coefficient (Wildman–Crippen LogP) is 1.94. The van der Waals surface area contributed by atoms with Crippen LogP contribution in [0.3, 0.4) is 0 Å². The number of terminal acetylenes is 1. The Labute approximate surface area is 129 Å². The van der Waals surface area contributed by atoms with Crippen LogP contribution in [0.5, 0.6) is 0 Å². The second-order valence-corrected chi connectivity index (χ2v) is 5.30. The minimum atomic E-state index is -0.424. The Morgan fingerprint density at radius 3 is 2.59 bits per heavy atom. The summed E-state index contributed by atoms with van der Waals surface area (Å²) in [4.78, 5) is 26.5. The average molecular weight is 301 g/mol. The number of hydrogen-bond acceptors (Lipinski definition) is 5. The standard InChI is InChI=1S/C16H19N3O3/c1-3-4-7-17-8-10-18(11-9-17)15-6-5-14(13(2)20)12-16(15)19(21)22/h1,5-6,12H,4,7-11H2,2H3. The van der Waals surface area contributed by atoms with Gasteiger partial charge >= 0.3 is 0 Å². The summed E-state index contributed by atoms with van der Waals surface area (Å²) in [5, 5.41) is 11.3. The summed E-state index contributed by atoms with van der Waals surface area (Å²) in [5.41, 5.74) is 0.930. The van der Waals surface area contributed by atoms with Gasteiger partial charge in [0.15, 0.2) is 5.78 Å². The van der Waals surface area contributed by atoms with Crippen LogP contribution in [-0.4, -0.2) is 48.3 Å². The van der Waals surface area contributed by atoms with Crippen LogP contribution < -0.4 is 4.90 Å². The van der Waals surface area contributed by atoms with Gasteiger partial charge in [-0.25, -0.2) is 0 Å². The van der Waals surface area contributed by atoms with Gasteiger partial charge in [0.25, 0.3) is 5.69 Å². The van der Waals surface area contributed by atoms with Gasteiger partial charge in [0.1, 0.15) is 5.69 Å². The van der Waals surface area contributed by atoms with E-state index < -0.39 is 4.92 Å².